The second kappa shape index (κ2) is 9.59. The van der Waals surface area contributed by atoms with Gasteiger partial charge in [0, 0.05) is 16.0 Å². The molecule has 0 saturated heterocycles. The minimum atomic E-state index is -0.606. The highest BCUT2D eigenvalue weighted by molar-refractivity contribution is 6.30. The van der Waals surface area contributed by atoms with Crippen LogP contribution in [0.5, 0.6) is 5.75 Å². The minimum Gasteiger partial charge on any atom is -0.482 e. The Morgan fingerprint density at radius 2 is 1.40 bits per heavy atom. The molecule has 0 saturated carbocycles. The summed E-state index contributed by atoms with van der Waals surface area (Å²) in [5, 5.41) is 0.537. The van der Waals surface area contributed by atoms with Gasteiger partial charge in [-0.2, -0.15) is 0 Å². The molecule has 0 aromatic heterocycles. The van der Waals surface area contributed by atoms with Gasteiger partial charge in [0.2, 0.25) is 0 Å². The molecule has 154 valence electrons. The first-order valence-electron chi connectivity index (χ1n) is 9.59. The predicted octanol–water partition coefficient (Wildman–Crippen LogP) is 5.47. The van der Waals surface area contributed by atoms with Crippen molar-refractivity contribution in [2.24, 2.45) is 0 Å². The molecule has 30 heavy (non-hydrogen) atoms. The molecule has 0 heterocycles. The maximum absolute atomic E-state index is 12.0. The monoisotopic (exact) mass is 422 g/mol. The van der Waals surface area contributed by atoms with Gasteiger partial charge in [0.25, 0.3) is 0 Å². The Morgan fingerprint density at radius 3 is 2.03 bits per heavy atom. The van der Waals surface area contributed by atoms with Crippen LogP contribution in [0.3, 0.4) is 0 Å². The summed E-state index contributed by atoms with van der Waals surface area (Å²) in [7, 11) is 0. The molecule has 0 aliphatic rings. The highest BCUT2D eigenvalue weighted by atomic mass is 35.5. The van der Waals surface area contributed by atoms with Crippen molar-refractivity contribution in [1.82, 2.24) is 0 Å². The van der Waals surface area contributed by atoms with Gasteiger partial charge in [-0.1, -0.05) is 67.9 Å². The van der Waals surface area contributed by atoms with Gasteiger partial charge < -0.3 is 9.47 Å². The lowest BCUT2D eigenvalue weighted by molar-refractivity contribution is -0.144. The molecule has 0 bridgehead atoms. The summed E-state index contributed by atoms with van der Waals surface area (Å²) in [6.45, 7) is 3.71. The number of halogens is 1. The number of rotatable bonds is 8. The molecule has 4 nitrogen and oxygen atoms in total. The smallest absolute Gasteiger partial charge is 0.344 e. The summed E-state index contributed by atoms with van der Waals surface area (Å²) < 4.78 is 10.5. The average molecular weight is 423 g/mol. The van der Waals surface area contributed by atoms with Crippen molar-refractivity contribution in [2.75, 3.05) is 13.2 Å². The first-order valence-corrected chi connectivity index (χ1v) is 9.97. The molecule has 3 rings (SSSR count). The molecule has 0 aliphatic heterocycles. The molecule has 0 atom stereocenters. The van der Waals surface area contributed by atoms with Gasteiger partial charge in [-0.25, -0.2) is 4.79 Å². The number of benzene rings is 3. The van der Waals surface area contributed by atoms with E-state index >= 15 is 0 Å². The third-order valence-electron chi connectivity index (χ3n) is 4.96. The molecule has 0 unspecified atom stereocenters. The summed E-state index contributed by atoms with van der Waals surface area (Å²) in [5.74, 6) is -0.345. The minimum absolute atomic E-state index is 0.152. The first kappa shape index (κ1) is 21.6. The molecular formula is C25H23ClO4. The van der Waals surface area contributed by atoms with Crippen molar-refractivity contribution in [3.63, 3.8) is 0 Å². The summed E-state index contributed by atoms with van der Waals surface area (Å²) >= 11 is 5.80. The number of hydrogen-bond donors (Lipinski definition) is 0. The third-order valence-corrected chi connectivity index (χ3v) is 5.21. The second-order valence-electron chi connectivity index (χ2n) is 7.39. The molecule has 0 amide bonds. The van der Waals surface area contributed by atoms with Gasteiger partial charge in [-0.05, 0) is 47.5 Å². The predicted molar refractivity (Wildman–Crippen MR) is 117 cm³/mol. The zero-order valence-electron chi connectivity index (χ0n) is 16.9. The van der Waals surface area contributed by atoms with E-state index in [2.05, 4.69) is 26.0 Å². The number of ether oxygens (including phenoxy) is 2. The number of ketones is 1. The number of carbonyl (C=O) groups excluding carboxylic acids is 2. The topological polar surface area (TPSA) is 52.6 Å². The summed E-state index contributed by atoms with van der Waals surface area (Å²) in [5.41, 5.74) is 2.63. The highest BCUT2D eigenvalue weighted by Crippen LogP contribution is 2.32. The molecule has 0 fully saturated rings. The first-order chi connectivity index (χ1) is 14.4. The van der Waals surface area contributed by atoms with Crippen LogP contribution in [0.2, 0.25) is 5.02 Å². The van der Waals surface area contributed by atoms with Gasteiger partial charge in [-0.15, -0.1) is 0 Å². The van der Waals surface area contributed by atoms with Crippen LogP contribution in [-0.4, -0.2) is 25.0 Å². The summed E-state index contributed by atoms with van der Waals surface area (Å²) in [6, 6.07) is 24.3. The Bertz CT molecular complexity index is 994. The standard InChI is InChI=1S/C25H23ClO4/c1-25(2,19-6-4-3-5-7-19)20-10-14-22(15-11-20)29-17-24(28)30-16-23(27)18-8-12-21(26)13-9-18/h3-15H,16-17H2,1-2H3. The van der Waals surface area contributed by atoms with Crippen LogP contribution >= 0.6 is 11.6 Å². The van der Waals surface area contributed by atoms with E-state index in [0.717, 1.165) is 5.56 Å². The lowest BCUT2D eigenvalue weighted by Crippen LogP contribution is -2.20. The zero-order valence-corrected chi connectivity index (χ0v) is 17.7. The Balaban J connectivity index is 1.50. The van der Waals surface area contributed by atoms with Gasteiger partial charge in [0.1, 0.15) is 5.75 Å². The van der Waals surface area contributed by atoms with E-state index in [9.17, 15) is 9.59 Å². The quantitative estimate of drug-likeness (QED) is 0.356. The fourth-order valence-electron chi connectivity index (χ4n) is 3.04. The van der Waals surface area contributed by atoms with E-state index in [1.165, 1.54) is 5.56 Å². The largest absolute Gasteiger partial charge is 0.482 e. The van der Waals surface area contributed by atoms with Crippen molar-refractivity contribution >= 4 is 23.4 Å². The van der Waals surface area contributed by atoms with E-state index < -0.39 is 5.97 Å². The van der Waals surface area contributed by atoms with Gasteiger partial charge in [0.05, 0.1) is 0 Å². The van der Waals surface area contributed by atoms with Gasteiger partial charge >= 0.3 is 5.97 Å². The van der Waals surface area contributed by atoms with Crippen LogP contribution in [0.4, 0.5) is 0 Å². The second-order valence-corrected chi connectivity index (χ2v) is 7.83. The summed E-state index contributed by atoms with van der Waals surface area (Å²) in [4.78, 5) is 23.9. The van der Waals surface area contributed by atoms with Gasteiger partial charge in [-0.3, -0.25) is 4.79 Å². The fourth-order valence-corrected chi connectivity index (χ4v) is 3.16. The van der Waals surface area contributed by atoms with Crippen LogP contribution in [-0.2, 0) is 14.9 Å². The fraction of sp³-hybridized carbons (Fsp3) is 0.200. The van der Waals surface area contributed by atoms with E-state index in [1.807, 2.05) is 42.5 Å². The Kier molecular flexibility index (Phi) is 6.91. The van der Waals surface area contributed by atoms with E-state index in [0.29, 0.717) is 16.3 Å². The van der Waals surface area contributed by atoms with Crippen LogP contribution in [0.25, 0.3) is 0 Å². The van der Waals surface area contributed by atoms with Crippen molar-refractivity contribution in [3.8, 4) is 5.75 Å². The van der Waals surface area contributed by atoms with Crippen LogP contribution < -0.4 is 4.74 Å². The normalized spacial score (nSPS) is 11.0. The van der Waals surface area contributed by atoms with E-state index in [1.54, 1.807) is 24.3 Å². The molecule has 3 aromatic rings. The van der Waals surface area contributed by atoms with Crippen LogP contribution in [0, 0.1) is 0 Å². The maximum Gasteiger partial charge on any atom is 0.344 e. The highest BCUT2D eigenvalue weighted by Gasteiger charge is 2.22. The molecule has 0 radical (unpaired) electrons. The lowest BCUT2D eigenvalue weighted by atomic mass is 9.78. The number of hydrogen-bond acceptors (Lipinski definition) is 4. The Labute approximate surface area is 181 Å². The Morgan fingerprint density at radius 1 is 0.800 bits per heavy atom. The lowest BCUT2D eigenvalue weighted by Gasteiger charge is -2.26. The third kappa shape index (κ3) is 5.49. The van der Waals surface area contributed by atoms with Gasteiger partial charge in [0.15, 0.2) is 19.0 Å². The molecular weight excluding hydrogens is 400 g/mol. The maximum atomic E-state index is 12.0. The van der Waals surface area contributed by atoms with Crippen molar-refractivity contribution < 1.29 is 19.1 Å². The molecule has 0 spiro atoms. The number of Topliss-reactive ketones (excluding diaryl/α,β-unsaturated/α-hetero) is 1. The van der Waals surface area contributed by atoms with Crippen LogP contribution in [0.1, 0.15) is 35.3 Å². The van der Waals surface area contributed by atoms with E-state index in [4.69, 9.17) is 21.1 Å². The molecule has 3 aromatic carbocycles. The van der Waals surface area contributed by atoms with Crippen molar-refractivity contribution in [2.45, 2.75) is 19.3 Å². The number of carbonyl (C=O) groups is 2. The number of esters is 1. The van der Waals surface area contributed by atoms with Crippen molar-refractivity contribution in [3.05, 3.63) is 101 Å². The summed E-state index contributed by atoms with van der Waals surface area (Å²) in [6.07, 6.45) is 0. The molecule has 0 aliphatic carbocycles. The Hall–Kier alpha value is -3.11. The van der Waals surface area contributed by atoms with Crippen LogP contribution in [0.15, 0.2) is 78.9 Å². The van der Waals surface area contributed by atoms with E-state index in [-0.39, 0.29) is 24.4 Å². The molecule has 5 heteroatoms. The SMILES string of the molecule is CC(C)(c1ccccc1)c1ccc(OCC(=O)OCC(=O)c2ccc(Cl)cc2)cc1. The average Bonchev–Trinajstić information content (AvgIpc) is 2.77. The zero-order chi connectivity index (χ0) is 21.6. The van der Waals surface area contributed by atoms with Crippen molar-refractivity contribution in [1.29, 1.82) is 0 Å². The molecule has 0 N–H and O–H groups in total.